The van der Waals surface area contributed by atoms with E-state index in [1.165, 1.54) is 4.68 Å². The first kappa shape index (κ1) is 16.0. The minimum atomic E-state index is -0.360. The number of aryl methyl sites for hydroxylation is 1. The molecule has 0 fully saturated rings. The Morgan fingerprint density at radius 3 is 2.71 bits per heavy atom. The van der Waals surface area contributed by atoms with Gasteiger partial charge in [0.2, 0.25) is 0 Å². The number of nitrogens with zero attached hydrogens (tertiary/aromatic N) is 5. The van der Waals surface area contributed by atoms with Crippen LogP contribution in [-0.4, -0.2) is 30.8 Å². The highest BCUT2D eigenvalue weighted by molar-refractivity contribution is 6.30. The van der Waals surface area contributed by atoms with Crippen LogP contribution in [0, 0.1) is 0 Å². The molecule has 2 amide bonds. The Morgan fingerprint density at radius 2 is 2.04 bits per heavy atom. The summed E-state index contributed by atoms with van der Waals surface area (Å²) in [4.78, 5) is 12.3. The highest BCUT2D eigenvalue weighted by atomic mass is 35.5. The van der Waals surface area contributed by atoms with Crippen LogP contribution >= 0.6 is 11.6 Å². The van der Waals surface area contributed by atoms with E-state index in [1.807, 2.05) is 29.1 Å². The first-order chi connectivity index (χ1) is 11.5. The van der Waals surface area contributed by atoms with Crippen molar-refractivity contribution in [1.82, 2.24) is 30.1 Å². The summed E-state index contributed by atoms with van der Waals surface area (Å²) in [6, 6.07) is 8.36. The van der Waals surface area contributed by atoms with E-state index in [4.69, 9.17) is 11.6 Å². The maximum Gasteiger partial charge on any atom is 0.319 e. The first-order valence-corrected chi connectivity index (χ1v) is 7.65. The Hall–Kier alpha value is -2.87. The molecule has 1 atom stereocenters. The Labute approximate surface area is 143 Å². The number of amides is 2. The molecule has 0 unspecified atom stereocenters. The van der Waals surface area contributed by atoms with Crippen molar-refractivity contribution in [2.45, 2.75) is 13.0 Å². The van der Waals surface area contributed by atoms with Crippen molar-refractivity contribution < 1.29 is 4.79 Å². The zero-order valence-electron chi connectivity index (χ0n) is 13.1. The minimum Gasteiger partial charge on any atom is -0.328 e. The van der Waals surface area contributed by atoms with Gasteiger partial charge in [-0.1, -0.05) is 11.6 Å². The Morgan fingerprint density at radius 1 is 1.29 bits per heavy atom. The van der Waals surface area contributed by atoms with Crippen molar-refractivity contribution in [3.05, 3.63) is 53.6 Å². The van der Waals surface area contributed by atoms with Crippen molar-refractivity contribution in [2.24, 2.45) is 7.05 Å². The number of carbonyl (C=O) groups is 1. The van der Waals surface area contributed by atoms with Crippen molar-refractivity contribution >= 4 is 23.3 Å². The van der Waals surface area contributed by atoms with Gasteiger partial charge in [0.15, 0.2) is 5.82 Å². The van der Waals surface area contributed by atoms with Crippen molar-refractivity contribution in [3.63, 3.8) is 0 Å². The molecule has 0 aliphatic carbocycles. The molecular weight excluding hydrogens is 330 g/mol. The SMILES string of the molecule is C[C@@H](NC(=O)Nc1ccc(Cl)cc1-n1cccc1)c1nnnn1C. The molecule has 3 aromatic rings. The van der Waals surface area contributed by atoms with Crippen LogP contribution in [0.25, 0.3) is 5.69 Å². The van der Waals surface area contributed by atoms with Gasteiger partial charge in [-0.2, -0.15) is 0 Å². The molecule has 8 nitrogen and oxygen atoms in total. The van der Waals surface area contributed by atoms with Crippen LogP contribution in [0.15, 0.2) is 42.7 Å². The van der Waals surface area contributed by atoms with Crippen molar-refractivity contribution in [2.75, 3.05) is 5.32 Å². The molecule has 0 bridgehead atoms. The molecular formula is C15H16ClN7O. The molecule has 24 heavy (non-hydrogen) atoms. The van der Waals surface area contributed by atoms with Crippen LogP contribution in [0.3, 0.4) is 0 Å². The third-order valence-corrected chi connectivity index (χ3v) is 3.71. The normalized spacial score (nSPS) is 12.0. The average molecular weight is 346 g/mol. The molecule has 0 saturated heterocycles. The highest BCUT2D eigenvalue weighted by Crippen LogP contribution is 2.24. The van der Waals surface area contributed by atoms with E-state index < -0.39 is 0 Å². The minimum absolute atomic E-state index is 0.340. The number of tetrazole rings is 1. The van der Waals surface area contributed by atoms with E-state index >= 15 is 0 Å². The first-order valence-electron chi connectivity index (χ1n) is 7.27. The van der Waals surface area contributed by atoms with Gasteiger partial charge in [-0.3, -0.25) is 0 Å². The number of urea groups is 1. The lowest BCUT2D eigenvalue weighted by atomic mass is 10.2. The second-order valence-corrected chi connectivity index (χ2v) is 5.67. The maximum absolute atomic E-state index is 12.3. The summed E-state index contributed by atoms with van der Waals surface area (Å²) in [5, 5.41) is 17.4. The molecule has 0 aliphatic rings. The number of anilines is 1. The number of hydrogen-bond donors (Lipinski definition) is 2. The summed E-state index contributed by atoms with van der Waals surface area (Å²) in [5.41, 5.74) is 1.41. The summed E-state index contributed by atoms with van der Waals surface area (Å²) < 4.78 is 3.38. The predicted molar refractivity (Wildman–Crippen MR) is 90.1 cm³/mol. The van der Waals surface area contributed by atoms with Gasteiger partial charge < -0.3 is 15.2 Å². The zero-order valence-corrected chi connectivity index (χ0v) is 13.9. The lowest BCUT2D eigenvalue weighted by molar-refractivity contribution is 0.248. The smallest absolute Gasteiger partial charge is 0.319 e. The molecule has 0 radical (unpaired) electrons. The van der Waals surface area contributed by atoms with Gasteiger partial charge >= 0.3 is 6.03 Å². The topological polar surface area (TPSA) is 89.7 Å². The Bertz CT molecular complexity index is 843. The number of rotatable bonds is 4. The maximum atomic E-state index is 12.3. The molecule has 1 aromatic carbocycles. The summed E-state index contributed by atoms with van der Waals surface area (Å²) in [5.74, 6) is 0.562. The van der Waals surface area contributed by atoms with Crippen LogP contribution in [0.1, 0.15) is 18.8 Å². The molecule has 3 rings (SSSR count). The number of aromatic nitrogens is 5. The monoisotopic (exact) mass is 345 g/mol. The van der Waals surface area contributed by atoms with Gasteiger partial charge in [-0.15, -0.1) is 5.10 Å². The molecule has 2 N–H and O–H groups in total. The Kier molecular flexibility index (Phi) is 4.48. The highest BCUT2D eigenvalue weighted by Gasteiger charge is 2.16. The second-order valence-electron chi connectivity index (χ2n) is 5.23. The quantitative estimate of drug-likeness (QED) is 0.760. The van der Waals surface area contributed by atoms with Crippen LogP contribution in [0.4, 0.5) is 10.5 Å². The van der Waals surface area contributed by atoms with Gasteiger partial charge in [-0.05, 0) is 47.7 Å². The van der Waals surface area contributed by atoms with Gasteiger partial charge in [0.1, 0.15) is 0 Å². The zero-order chi connectivity index (χ0) is 17.1. The fraction of sp³-hybridized carbons (Fsp3) is 0.200. The summed E-state index contributed by atoms with van der Waals surface area (Å²) in [6.07, 6.45) is 3.76. The standard InChI is InChI=1S/C15H16ClN7O/c1-10(14-19-20-21-22(14)2)17-15(24)18-12-6-5-11(16)9-13(12)23-7-3-4-8-23/h3-10H,1-2H3,(H2,17,18,24)/t10-/m1/s1. The van der Waals surface area contributed by atoms with E-state index in [2.05, 4.69) is 26.2 Å². The van der Waals surface area contributed by atoms with E-state index in [1.54, 1.807) is 32.2 Å². The third-order valence-electron chi connectivity index (χ3n) is 3.48. The molecule has 2 aromatic heterocycles. The number of halogens is 1. The van der Waals surface area contributed by atoms with E-state index in [0.717, 1.165) is 5.69 Å². The van der Waals surface area contributed by atoms with E-state index in [0.29, 0.717) is 16.5 Å². The lowest BCUT2D eigenvalue weighted by Crippen LogP contribution is -2.32. The second kappa shape index (κ2) is 6.71. The number of benzene rings is 1. The van der Waals surface area contributed by atoms with Crippen LogP contribution in [0.2, 0.25) is 5.02 Å². The largest absolute Gasteiger partial charge is 0.328 e. The van der Waals surface area contributed by atoms with E-state index in [9.17, 15) is 4.79 Å². The predicted octanol–water partition coefficient (Wildman–Crippen LogP) is 2.54. The lowest BCUT2D eigenvalue weighted by Gasteiger charge is -2.16. The van der Waals surface area contributed by atoms with Gasteiger partial charge in [0, 0.05) is 24.5 Å². The molecule has 0 spiro atoms. The molecule has 9 heteroatoms. The molecule has 2 heterocycles. The van der Waals surface area contributed by atoms with Crippen molar-refractivity contribution in [1.29, 1.82) is 0 Å². The van der Waals surface area contributed by atoms with E-state index in [-0.39, 0.29) is 12.1 Å². The summed E-state index contributed by atoms with van der Waals surface area (Å²) >= 11 is 6.07. The third kappa shape index (κ3) is 3.38. The van der Waals surface area contributed by atoms with Crippen LogP contribution in [0.5, 0.6) is 0 Å². The molecule has 0 aliphatic heterocycles. The molecule has 0 saturated carbocycles. The number of nitrogens with one attached hydrogen (secondary N) is 2. The van der Waals surface area contributed by atoms with Crippen LogP contribution < -0.4 is 10.6 Å². The molecule has 124 valence electrons. The summed E-state index contributed by atoms with van der Waals surface area (Å²) in [6.45, 7) is 1.81. The Balaban J connectivity index is 1.76. The fourth-order valence-electron chi connectivity index (χ4n) is 2.34. The fourth-order valence-corrected chi connectivity index (χ4v) is 2.51. The van der Waals surface area contributed by atoms with Gasteiger partial charge in [-0.25, -0.2) is 9.48 Å². The number of carbonyl (C=O) groups excluding carboxylic acids is 1. The summed E-state index contributed by atoms with van der Waals surface area (Å²) in [7, 11) is 1.72. The van der Waals surface area contributed by atoms with Gasteiger partial charge in [0.05, 0.1) is 17.4 Å². The van der Waals surface area contributed by atoms with Gasteiger partial charge in [0.25, 0.3) is 0 Å². The average Bonchev–Trinajstić information content (AvgIpc) is 3.20. The number of hydrogen-bond acceptors (Lipinski definition) is 4. The van der Waals surface area contributed by atoms with Crippen molar-refractivity contribution in [3.8, 4) is 5.69 Å². The van der Waals surface area contributed by atoms with Crippen LogP contribution in [-0.2, 0) is 7.05 Å².